The first kappa shape index (κ1) is 31.7. The van der Waals surface area contributed by atoms with Gasteiger partial charge in [0.1, 0.15) is 23.2 Å². The normalized spacial score (nSPS) is 18.5. The average molecular weight is 650 g/mol. The van der Waals surface area contributed by atoms with E-state index >= 15 is 0 Å². The molecule has 4 N–H and O–H groups in total. The monoisotopic (exact) mass is 649 g/mol. The topological polar surface area (TPSA) is 116 Å². The van der Waals surface area contributed by atoms with Gasteiger partial charge in [-0.1, -0.05) is 24.3 Å². The highest BCUT2D eigenvalue weighted by Crippen LogP contribution is 2.31. The van der Waals surface area contributed by atoms with Crippen LogP contribution in [0.2, 0.25) is 0 Å². The molecule has 2 fully saturated rings. The van der Waals surface area contributed by atoms with Crippen LogP contribution in [0.3, 0.4) is 0 Å². The number of anilines is 2. The quantitative estimate of drug-likeness (QED) is 0.154. The molecule has 4 heterocycles. The maximum atomic E-state index is 14.4. The standard InChI is InChI=1S/C37H40FN7O3/c38-27-20-34(37(47)43-29-9-7-28(8-10-29)39-23-35-40-22-31-6-1-2-13-45(31)35)36(41-21-27)42-30-5-3-4-25(18-30)33-12-11-32(46)19-26(33)24-44-14-16-48-17-15-44/h1-6,11-13,18-22,28-29,39,46H,7-10,14-17,23-24H2,(H,41,42)(H,43,47)/t28-,29+. The van der Waals surface area contributed by atoms with Crippen LogP contribution in [0, 0.1) is 5.82 Å². The summed E-state index contributed by atoms with van der Waals surface area (Å²) >= 11 is 0. The summed E-state index contributed by atoms with van der Waals surface area (Å²) in [4.78, 5) is 24.6. The van der Waals surface area contributed by atoms with Crippen molar-refractivity contribution < 1.29 is 19.0 Å². The Balaban J connectivity index is 0.993. The maximum absolute atomic E-state index is 14.4. The molecule has 11 heteroatoms. The van der Waals surface area contributed by atoms with E-state index in [4.69, 9.17) is 4.74 Å². The fourth-order valence-electron chi connectivity index (χ4n) is 6.68. The van der Waals surface area contributed by atoms with Crippen molar-refractivity contribution in [3.8, 4) is 16.9 Å². The van der Waals surface area contributed by atoms with Crippen LogP contribution in [-0.4, -0.2) is 68.7 Å². The molecular weight excluding hydrogens is 609 g/mol. The van der Waals surface area contributed by atoms with Gasteiger partial charge in [0.25, 0.3) is 5.91 Å². The van der Waals surface area contributed by atoms with Crippen LogP contribution in [0.4, 0.5) is 15.9 Å². The smallest absolute Gasteiger partial charge is 0.255 e. The molecule has 3 aromatic heterocycles. The summed E-state index contributed by atoms with van der Waals surface area (Å²) in [6.07, 6.45) is 8.48. The Kier molecular flexibility index (Phi) is 9.60. The molecule has 0 spiro atoms. The summed E-state index contributed by atoms with van der Waals surface area (Å²) in [6.45, 7) is 4.41. The fraction of sp³-hybridized carbons (Fsp3) is 0.324. The molecule has 0 radical (unpaired) electrons. The van der Waals surface area contributed by atoms with Crippen LogP contribution >= 0.6 is 0 Å². The predicted octanol–water partition coefficient (Wildman–Crippen LogP) is 5.65. The van der Waals surface area contributed by atoms with Crippen LogP contribution < -0.4 is 16.0 Å². The van der Waals surface area contributed by atoms with Gasteiger partial charge in [-0.15, -0.1) is 0 Å². The molecule has 1 aliphatic carbocycles. The van der Waals surface area contributed by atoms with E-state index in [0.29, 0.717) is 38.0 Å². The number of ether oxygens (including phenoxy) is 1. The number of pyridine rings is 2. The van der Waals surface area contributed by atoms with Crippen molar-refractivity contribution in [3.05, 3.63) is 108 Å². The lowest BCUT2D eigenvalue weighted by Gasteiger charge is -2.30. The summed E-state index contributed by atoms with van der Waals surface area (Å²) < 4.78 is 22.0. The number of hydrogen-bond donors (Lipinski definition) is 4. The van der Waals surface area contributed by atoms with Crippen LogP contribution in [0.15, 0.2) is 85.3 Å². The van der Waals surface area contributed by atoms with Crippen LogP contribution in [0.25, 0.3) is 16.6 Å². The number of nitrogens with zero attached hydrogens (tertiary/aromatic N) is 4. The fourth-order valence-corrected chi connectivity index (χ4v) is 6.68. The van der Waals surface area contributed by atoms with Crippen molar-refractivity contribution in [1.82, 2.24) is 29.9 Å². The second-order valence-electron chi connectivity index (χ2n) is 12.6. The Bertz CT molecular complexity index is 1880. The van der Waals surface area contributed by atoms with Crippen molar-refractivity contribution in [2.24, 2.45) is 0 Å². The molecule has 248 valence electrons. The summed E-state index contributed by atoms with van der Waals surface area (Å²) in [5, 5.41) is 20.3. The number of imidazole rings is 1. The van der Waals surface area contributed by atoms with Crippen molar-refractivity contribution in [1.29, 1.82) is 0 Å². The third kappa shape index (κ3) is 7.49. The molecule has 0 atom stereocenters. The number of carbonyl (C=O) groups is 1. The molecule has 2 aromatic carbocycles. The van der Waals surface area contributed by atoms with Crippen LogP contribution in [-0.2, 0) is 17.8 Å². The molecule has 48 heavy (non-hydrogen) atoms. The second kappa shape index (κ2) is 14.5. The average Bonchev–Trinajstić information content (AvgIpc) is 3.52. The number of aromatic nitrogens is 3. The molecule has 1 saturated heterocycles. The van der Waals surface area contributed by atoms with E-state index in [1.54, 1.807) is 12.1 Å². The Morgan fingerprint density at radius 2 is 1.77 bits per heavy atom. The van der Waals surface area contributed by atoms with Gasteiger partial charge in [0.05, 0.1) is 43.2 Å². The van der Waals surface area contributed by atoms with E-state index in [2.05, 4.69) is 35.2 Å². The van der Waals surface area contributed by atoms with Crippen molar-refractivity contribution in [2.45, 2.75) is 50.9 Å². The SMILES string of the molecule is O=C(N[C@H]1CC[C@@H](NCc2ncc3ccccn23)CC1)c1cc(F)cnc1Nc1cccc(-c2ccc(O)cc2CN2CCOCC2)c1. The molecule has 0 bridgehead atoms. The third-order valence-electron chi connectivity index (χ3n) is 9.25. The predicted molar refractivity (Wildman–Crippen MR) is 183 cm³/mol. The highest BCUT2D eigenvalue weighted by Gasteiger charge is 2.25. The highest BCUT2D eigenvalue weighted by molar-refractivity contribution is 5.99. The zero-order valence-electron chi connectivity index (χ0n) is 26.7. The number of phenols is 1. The number of benzene rings is 2. The van der Waals surface area contributed by atoms with E-state index in [1.807, 2.05) is 60.9 Å². The van der Waals surface area contributed by atoms with Gasteiger partial charge in [0.15, 0.2) is 0 Å². The lowest BCUT2D eigenvalue weighted by molar-refractivity contribution is 0.0342. The van der Waals surface area contributed by atoms with Crippen molar-refractivity contribution in [2.75, 3.05) is 31.6 Å². The van der Waals surface area contributed by atoms with Crippen molar-refractivity contribution in [3.63, 3.8) is 0 Å². The number of amides is 1. The Hall–Kier alpha value is -4.84. The number of phenolic OH excluding ortho intramolecular Hbond substituents is 1. The number of fused-ring (bicyclic) bond motifs is 1. The number of nitrogens with one attached hydrogen (secondary N) is 3. The zero-order chi connectivity index (χ0) is 32.9. The molecule has 1 aliphatic heterocycles. The van der Waals surface area contributed by atoms with Crippen LogP contribution in [0.5, 0.6) is 5.75 Å². The zero-order valence-corrected chi connectivity index (χ0v) is 26.7. The van der Waals surface area contributed by atoms with E-state index in [9.17, 15) is 14.3 Å². The van der Waals surface area contributed by atoms with Gasteiger partial charge in [-0.05, 0) is 84.8 Å². The Morgan fingerprint density at radius 1 is 0.938 bits per heavy atom. The molecule has 10 nitrogen and oxygen atoms in total. The van der Waals surface area contributed by atoms with Gasteiger partial charge in [0, 0.05) is 43.6 Å². The van der Waals surface area contributed by atoms with Gasteiger partial charge in [0.2, 0.25) is 0 Å². The van der Waals surface area contributed by atoms with Gasteiger partial charge in [-0.2, -0.15) is 0 Å². The molecule has 2 aliphatic rings. The lowest BCUT2D eigenvalue weighted by atomic mass is 9.91. The minimum absolute atomic E-state index is 0.0124. The van der Waals surface area contributed by atoms with Gasteiger partial charge in [-0.25, -0.2) is 14.4 Å². The summed E-state index contributed by atoms with van der Waals surface area (Å²) in [5.74, 6) is 0.549. The summed E-state index contributed by atoms with van der Waals surface area (Å²) in [6, 6.07) is 20.8. The number of aromatic hydroxyl groups is 1. The van der Waals surface area contributed by atoms with Gasteiger partial charge < -0.3 is 30.2 Å². The Morgan fingerprint density at radius 3 is 2.62 bits per heavy atom. The molecule has 7 rings (SSSR count). The number of morpholine rings is 1. The minimum Gasteiger partial charge on any atom is -0.508 e. The largest absolute Gasteiger partial charge is 0.508 e. The minimum atomic E-state index is -0.573. The first-order chi connectivity index (χ1) is 23.5. The van der Waals surface area contributed by atoms with Crippen LogP contribution in [0.1, 0.15) is 47.4 Å². The van der Waals surface area contributed by atoms with E-state index in [-0.39, 0.29) is 29.1 Å². The van der Waals surface area contributed by atoms with Crippen molar-refractivity contribution >= 4 is 22.9 Å². The van der Waals surface area contributed by atoms with E-state index in [1.165, 1.54) is 6.07 Å². The second-order valence-corrected chi connectivity index (χ2v) is 12.6. The molecule has 5 aromatic rings. The summed E-state index contributed by atoms with van der Waals surface area (Å²) in [7, 11) is 0. The van der Waals surface area contributed by atoms with Gasteiger partial charge in [-0.3, -0.25) is 9.69 Å². The number of carbonyl (C=O) groups excluding carboxylic acids is 1. The molecule has 1 amide bonds. The number of hydrogen-bond acceptors (Lipinski definition) is 8. The maximum Gasteiger partial charge on any atom is 0.255 e. The molecule has 1 saturated carbocycles. The third-order valence-corrected chi connectivity index (χ3v) is 9.25. The van der Waals surface area contributed by atoms with E-state index < -0.39 is 5.82 Å². The molecular formula is C37H40FN7O3. The van der Waals surface area contributed by atoms with Gasteiger partial charge >= 0.3 is 0 Å². The Labute approximate surface area is 279 Å². The number of rotatable bonds is 10. The highest BCUT2D eigenvalue weighted by atomic mass is 19.1. The van der Waals surface area contributed by atoms with E-state index in [0.717, 1.165) is 73.0 Å². The summed E-state index contributed by atoms with van der Waals surface area (Å²) in [5.41, 5.74) is 4.89. The first-order valence-corrected chi connectivity index (χ1v) is 16.6. The molecule has 0 unspecified atom stereocenters. The number of halogens is 1. The lowest BCUT2D eigenvalue weighted by Crippen LogP contribution is -2.42. The first-order valence-electron chi connectivity index (χ1n) is 16.6.